The lowest BCUT2D eigenvalue weighted by Gasteiger charge is -2.17. The Morgan fingerprint density at radius 3 is 2.92 bits per heavy atom. The van der Waals surface area contributed by atoms with Crippen molar-refractivity contribution in [1.82, 2.24) is 4.90 Å². The highest BCUT2D eigenvalue weighted by Gasteiger charge is 2.27. The van der Waals surface area contributed by atoms with E-state index in [9.17, 15) is 9.59 Å². The molecule has 1 saturated heterocycles. The number of nitrogens with zero attached hydrogens (tertiary/aromatic N) is 1. The molecular weight excluding hydrogens is 314 g/mol. The van der Waals surface area contributed by atoms with E-state index in [0.29, 0.717) is 50.1 Å². The third kappa shape index (κ3) is 5.50. The first-order valence-electron chi connectivity index (χ1n) is 7.90. The Morgan fingerprint density at radius 2 is 2.17 bits per heavy atom. The number of amides is 1. The van der Waals surface area contributed by atoms with Gasteiger partial charge in [-0.05, 0) is 24.6 Å². The molecule has 1 aromatic rings. The molecule has 0 bridgehead atoms. The van der Waals surface area contributed by atoms with E-state index in [2.05, 4.69) is 0 Å². The van der Waals surface area contributed by atoms with Crippen LogP contribution in [0.3, 0.4) is 0 Å². The van der Waals surface area contributed by atoms with Gasteiger partial charge in [0.25, 0.3) is 5.91 Å². The second-order valence-electron chi connectivity index (χ2n) is 5.68. The Hall–Kier alpha value is -2.12. The number of carboxylic acid groups (broad SMARTS) is 1. The van der Waals surface area contributed by atoms with Gasteiger partial charge in [-0.1, -0.05) is 6.07 Å². The number of hydrogen-bond donors (Lipinski definition) is 1. The minimum absolute atomic E-state index is 0.0739. The SMILES string of the molecule is COCCOCC1CCN(C(=O)c2cccc(OCC(=O)O)c2)C1. The standard InChI is InChI=1S/C17H23NO6/c1-22-7-8-23-11-13-5-6-18(10-13)17(21)14-3-2-4-15(9-14)24-12-16(19)20/h2-4,9,13H,5-8,10-12H2,1H3,(H,19,20). The van der Waals surface area contributed by atoms with Gasteiger partial charge < -0.3 is 24.2 Å². The third-order valence-electron chi connectivity index (χ3n) is 3.80. The van der Waals surface area contributed by atoms with E-state index in [1.54, 1.807) is 36.3 Å². The normalized spacial score (nSPS) is 17.0. The number of carbonyl (C=O) groups is 2. The Bertz CT molecular complexity index is 562. The first-order chi connectivity index (χ1) is 11.6. The van der Waals surface area contributed by atoms with Crippen LogP contribution in [-0.4, -0.2) is 68.5 Å². The lowest BCUT2D eigenvalue weighted by molar-refractivity contribution is -0.139. The van der Waals surface area contributed by atoms with Crippen molar-refractivity contribution in [2.45, 2.75) is 6.42 Å². The predicted octanol–water partition coefficient (Wildman–Crippen LogP) is 1.28. The van der Waals surface area contributed by atoms with Crippen molar-refractivity contribution in [1.29, 1.82) is 0 Å². The molecule has 1 heterocycles. The number of methoxy groups -OCH3 is 1. The maximum atomic E-state index is 12.6. The zero-order valence-corrected chi connectivity index (χ0v) is 13.8. The van der Waals surface area contributed by atoms with E-state index in [0.717, 1.165) is 6.42 Å². The monoisotopic (exact) mass is 337 g/mol. The van der Waals surface area contributed by atoms with Gasteiger partial charge in [-0.2, -0.15) is 0 Å². The van der Waals surface area contributed by atoms with Crippen LogP contribution < -0.4 is 4.74 Å². The smallest absolute Gasteiger partial charge is 0.341 e. The molecule has 0 aromatic heterocycles. The number of ether oxygens (including phenoxy) is 3. The Labute approximate surface area is 141 Å². The molecule has 1 atom stereocenters. The van der Waals surface area contributed by atoms with Gasteiger partial charge in [0.2, 0.25) is 0 Å². The first-order valence-corrected chi connectivity index (χ1v) is 7.90. The average molecular weight is 337 g/mol. The maximum absolute atomic E-state index is 12.6. The van der Waals surface area contributed by atoms with Crippen LogP contribution in [0, 0.1) is 5.92 Å². The molecule has 7 nitrogen and oxygen atoms in total. The van der Waals surface area contributed by atoms with Gasteiger partial charge in [0, 0.05) is 31.7 Å². The second kappa shape index (κ2) is 9.24. The summed E-state index contributed by atoms with van der Waals surface area (Å²) < 4.78 is 15.6. The number of rotatable bonds is 9. The molecule has 1 aromatic carbocycles. The van der Waals surface area contributed by atoms with E-state index in [4.69, 9.17) is 19.3 Å². The van der Waals surface area contributed by atoms with E-state index in [1.807, 2.05) is 0 Å². The number of likely N-dealkylation sites (tertiary alicyclic amines) is 1. The Morgan fingerprint density at radius 1 is 1.33 bits per heavy atom. The number of hydrogen-bond acceptors (Lipinski definition) is 5. The van der Waals surface area contributed by atoms with E-state index < -0.39 is 12.6 Å². The second-order valence-corrected chi connectivity index (χ2v) is 5.68. The van der Waals surface area contributed by atoms with Crippen LogP contribution in [0.1, 0.15) is 16.8 Å². The van der Waals surface area contributed by atoms with Crippen LogP contribution in [0.15, 0.2) is 24.3 Å². The minimum atomic E-state index is -1.05. The van der Waals surface area contributed by atoms with Crippen LogP contribution in [0.25, 0.3) is 0 Å². The molecule has 2 rings (SSSR count). The molecule has 0 radical (unpaired) electrons. The summed E-state index contributed by atoms with van der Waals surface area (Å²) in [6, 6.07) is 6.61. The molecule has 0 aliphatic carbocycles. The van der Waals surface area contributed by atoms with Crippen molar-refractivity contribution in [3.05, 3.63) is 29.8 Å². The molecule has 1 fully saturated rings. The van der Waals surface area contributed by atoms with Crippen LogP contribution in [-0.2, 0) is 14.3 Å². The van der Waals surface area contributed by atoms with Crippen LogP contribution in [0.2, 0.25) is 0 Å². The fourth-order valence-electron chi connectivity index (χ4n) is 2.59. The van der Waals surface area contributed by atoms with Crippen LogP contribution in [0.5, 0.6) is 5.75 Å². The summed E-state index contributed by atoms with van der Waals surface area (Å²) in [5, 5.41) is 8.64. The van der Waals surface area contributed by atoms with E-state index in [-0.39, 0.29) is 5.91 Å². The summed E-state index contributed by atoms with van der Waals surface area (Å²) in [5.74, 6) is -0.420. The van der Waals surface area contributed by atoms with Gasteiger partial charge in [0.1, 0.15) is 5.75 Å². The van der Waals surface area contributed by atoms with Crippen LogP contribution >= 0.6 is 0 Å². The molecule has 1 unspecified atom stereocenters. The lowest BCUT2D eigenvalue weighted by Crippen LogP contribution is -2.29. The van der Waals surface area contributed by atoms with Crippen molar-refractivity contribution in [2.24, 2.45) is 5.92 Å². The van der Waals surface area contributed by atoms with Gasteiger partial charge in [0.05, 0.1) is 19.8 Å². The largest absolute Gasteiger partial charge is 0.482 e. The van der Waals surface area contributed by atoms with Gasteiger partial charge in [-0.3, -0.25) is 4.79 Å². The highest BCUT2D eigenvalue weighted by atomic mass is 16.5. The predicted molar refractivity (Wildman–Crippen MR) is 86.3 cm³/mol. The van der Waals surface area contributed by atoms with Crippen molar-refractivity contribution >= 4 is 11.9 Å². The summed E-state index contributed by atoms with van der Waals surface area (Å²) in [4.78, 5) is 24.9. The molecule has 7 heteroatoms. The van der Waals surface area contributed by atoms with Crippen molar-refractivity contribution in [3.8, 4) is 5.75 Å². The number of carboxylic acids is 1. The highest BCUT2D eigenvalue weighted by Crippen LogP contribution is 2.21. The molecule has 1 aliphatic heterocycles. The zero-order chi connectivity index (χ0) is 17.4. The fraction of sp³-hybridized carbons (Fsp3) is 0.529. The highest BCUT2D eigenvalue weighted by molar-refractivity contribution is 5.94. The average Bonchev–Trinajstić information content (AvgIpc) is 3.05. The van der Waals surface area contributed by atoms with Crippen LogP contribution in [0.4, 0.5) is 0 Å². The molecule has 132 valence electrons. The Kier molecular flexibility index (Phi) is 7.02. The van der Waals surface area contributed by atoms with Gasteiger partial charge in [-0.25, -0.2) is 4.79 Å². The summed E-state index contributed by atoms with van der Waals surface area (Å²) in [7, 11) is 1.63. The van der Waals surface area contributed by atoms with Gasteiger partial charge in [0.15, 0.2) is 6.61 Å². The van der Waals surface area contributed by atoms with Crippen molar-refractivity contribution < 1.29 is 28.9 Å². The van der Waals surface area contributed by atoms with Gasteiger partial charge in [-0.15, -0.1) is 0 Å². The summed E-state index contributed by atoms with van der Waals surface area (Å²) in [6.07, 6.45) is 0.911. The fourth-order valence-corrected chi connectivity index (χ4v) is 2.59. The number of aliphatic carboxylic acids is 1. The Balaban J connectivity index is 1.85. The molecule has 0 saturated carbocycles. The minimum Gasteiger partial charge on any atom is -0.482 e. The number of benzene rings is 1. The summed E-state index contributed by atoms with van der Waals surface area (Å²) in [5.41, 5.74) is 0.499. The van der Waals surface area contributed by atoms with E-state index in [1.165, 1.54) is 0 Å². The third-order valence-corrected chi connectivity index (χ3v) is 3.80. The van der Waals surface area contributed by atoms with E-state index >= 15 is 0 Å². The molecule has 24 heavy (non-hydrogen) atoms. The first kappa shape index (κ1) is 18.2. The van der Waals surface area contributed by atoms with Crippen molar-refractivity contribution in [3.63, 3.8) is 0 Å². The van der Waals surface area contributed by atoms with Crippen molar-refractivity contribution in [2.75, 3.05) is 46.6 Å². The molecule has 1 amide bonds. The molecule has 1 aliphatic rings. The molecule has 1 N–H and O–H groups in total. The quantitative estimate of drug-likeness (QED) is 0.683. The molecule has 0 spiro atoms. The topological polar surface area (TPSA) is 85.3 Å². The molecular formula is C17H23NO6. The number of carbonyl (C=O) groups excluding carboxylic acids is 1. The van der Waals surface area contributed by atoms with Gasteiger partial charge >= 0.3 is 5.97 Å². The summed E-state index contributed by atoms with van der Waals surface area (Å²) in [6.45, 7) is 2.67. The zero-order valence-electron chi connectivity index (χ0n) is 13.8. The summed E-state index contributed by atoms with van der Waals surface area (Å²) >= 11 is 0. The maximum Gasteiger partial charge on any atom is 0.341 e. The lowest BCUT2D eigenvalue weighted by atomic mass is 10.1.